The third kappa shape index (κ3) is 3.72. The summed E-state index contributed by atoms with van der Waals surface area (Å²) in [6.07, 6.45) is 3.10. The SMILES string of the molecule is Cc1ccc(CN2CCOCC3(CCN(Cc4nccs4)C3)C2)o1. The maximum absolute atomic E-state index is 5.98. The largest absolute Gasteiger partial charge is 0.465 e. The molecule has 2 aliphatic rings. The summed E-state index contributed by atoms with van der Waals surface area (Å²) in [5, 5.41) is 3.27. The lowest BCUT2D eigenvalue weighted by molar-refractivity contribution is 0.0704. The quantitative estimate of drug-likeness (QED) is 0.851. The van der Waals surface area contributed by atoms with E-state index in [0.29, 0.717) is 0 Å². The fourth-order valence-electron chi connectivity index (χ4n) is 3.94. The van der Waals surface area contributed by atoms with Gasteiger partial charge in [0, 0.05) is 36.6 Å². The number of ether oxygens (including phenoxy) is 1. The Morgan fingerprint density at radius 1 is 1.21 bits per heavy atom. The topological polar surface area (TPSA) is 41.7 Å². The van der Waals surface area contributed by atoms with E-state index in [1.165, 1.54) is 11.4 Å². The molecule has 2 aromatic heterocycles. The number of aryl methyl sites for hydroxylation is 1. The number of hydrogen-bond acceptors (Lipinski definition) is 6. The Labute approximate surface area is 147 Å². The monoisotopic (exact) mass is 347 g/mol. The first kappa shape index (κ1) is 16.3. The molecule has 4 rings (SSSR count). The Morgan fingerprint density at radius 2 is 2.08 bits per heavy atom. The molecule has 2 aliphatic heterocycles. The van der Waals surface area contributed by atoms with Crippen LogP contribution >= 0.6 is 11.3 Å². The van der Waals surface area contributed by atoms with Crippen LogP contribution in [0.3, 0.4) is 0 Å². The number of likely N-dealkylation sites (tertiary alicyclic amines) is 1. The normalized spacial score (nSPS) is 26.2. The Kier molecular flexibility index (Phi) is 4.72. The first-order valence-electron chi connectivity index (χ1n) is 8.67. The van der Waals surface area contributed by atoms with Crippen LogP contribution in [-0.2, 0) is 17.8 Å². The van der Waals surface area contributed by atoms with E-state index in [-0.39, 0.29) is 5.41 Å². The van der Waals surface area contributed by atoms with Crippen molar-refractivity contribution in [3.8, 4) is 0 Å². The number of nitrogens with zero attached hydrogens (tertiary/aromatic N) is 3. The molecule has 0 N–H and O–H groups in total. The fraction of sp³-hybridized carbons (Fsp3) is 0.611. The molecule has 5 nitrogen and oxygen atoms in total. The number of hydrogen-bond donors (Lipinski definition) is 0. The molecule has 4 heterocycles. The van der Waals surface area contributed by atoms with Crippen LogP contribution in [0.2, 0.25) is 0 Å². The second kappa shape index (κ2) is 6.96. The zero-order chi connectivity index (χ0) is 16.4. The number of thiazole rings is 1. The minimum absolute atomic E-state index is 0.245. The maximum Gasteiger partial charge on any atom is 0.118 e. The van der Waals surface area contributed by atoms with Gasteiger partial charge in [-0.25, -0.2) is 4.98 Å². The van der Waals surface area contributed by atoms with E-state index in [9.17, 15) is 0 Å². The van der Waals surface area contributed by atoms with Crippen molar-refractivity contribution in [3.63, 3.8) is 0 Å². The van der Waals surface area contributed by atoms with Crippen LogP contribution in [0.15, 0.2) is 28.1 Å². The standard InChI is InChI=1S/C18H25N3O2S/c1-15-2-3-16(23-15)10-21-7-8-22-14-18(13-21)4-6-20(12-18)11-17-19-5-9-24-17/h2-3,5,9H,4,6-8,10-14H2,1H3. The number of aromatic nitrogens is 1. The van der Waals surface area contributed by atoms with E-state index >= 15 is 0 Å². The van der Waals surface area contributed by atoms with Gasteiger partial charge < -0.3 is 9.15 Å². The first-order valence-corrected chi connectivity index (χ1v) is 9.55. The molecule has 2 saturated heterocycles. The molecule has 2 fully saturated rings. The van der Waals surface area contributed by atoms with Crippen LogP contribution in [0.5, 0.6) is 0 Å². The van der Waals surface area contributed by atoms with Crippen molar-refractivity contribution in [2.45, 2.75) is 26.4 Å². The molecule has 0 bridgehead atoms. The highest BCUT2D eigenvalue weighted by Crippen LogP contribution is 2.34. The van der Waals surface area contributed by atoms with Crippen molar-refractivity contribution < 1.29 is 9.15 Å². The van der Waals surface area contributed by atoms with Crippen LogP contribution in [0.4, 0.5) is 0 Å². The lowest BCUT2D eigenvalue weighted by Crippen LogP contribution is -2.40. The van der Waals surface area contributed by atoms with Crippen molar-refractivity contribution in [2.75, 3.05) is 39.4 Å². The highest BCUT2D eigenvalue weighted by Gasteiger charge is 2.41. The molecule has 2 aromatic rings. The van der Waals surface area contributed by atoms with Gasteiger partial charge in [-0.1, -0.05) is 0 Å². The van der Waals surface area contributed by atoms with Gasteiger partial charge in [-0.3, -0.25) is 9.80 Å². The highest BCUT2D eigenvalue weighted by molar-refractivity contribution is 7.09. The summed E-state index contributed by atoms with van der Waals surface area (Å²) in [4.78, 5) is 9.46. The third-order valence-electron chi connectivity index (χ3n) is 5.05. The average molecular weight is 347 g/mol. The van der Waals surface area contributed by atoms with Gasteiger partial charge >= 0.3 is 0 Å². The molecular weight excluding hydrogens is 322 g/mol. The predicted octanol–water partition coefficient (Wildman–Crippen LogP) is 2.77. The average Bonchev–Trinajstić information content (AvgIpc) is 3.25. The molecule has 6 heteroatoms. The summed E-state index contributed by atoms with van der Waals surface area (Å²) in [5.74, 6) is 2.04. The zero-order valence-corrected chi connectivity index (χ0v) is 15.1. The second-order valence-corrected chi connectivity index (χ2v) is 8.14. The Hall–Kier alpha value is -1.21. The lowest BCUT2D eigenvalue weighted by Gasteiger charge is -2.31. The van der Waals surface area contributed by atoms with E-state index in [4.69, 9.17) is 9.15 Å². The first-order chi connectivity index (χ1) is 11.7. The van der Waals surface area contributed by atoms with Crippen LogP contribution < -0.4 is 0 Å². The van der Waals surface area contributed by atoms with Gasteiger partial charge in [-0.2, -0.15) is 0 Å². The van der Waals surface area contributed by atoms with Crippen LogP contribution in [-0.4, -0.2) is 54.2 Å². The van der Waals surface area contributed by atoms with Crippen molar-refractivity contribution >= 4 is 11.3 Å². The second-order valence-electron chi connectivity index (χ2n) is 7.16. The predicted molar refractivity (Wildman–Crippen MR) is 94.0 cm³/mol. The molecule has 130 valence electrons. The minimum Gasteiger partial charge on any atom is -0.465 e. The van der Waals surface area contributed by atoms with Gasteiger partial charge in [0.2, 0.25) is 0 Å². The number of furan rings is 1. The Balaban J connectivity index is 1.40. The molecule has 0 amide bonds. The molecule has 0 aliphatic carbocycles. The maximum atomic E-state index is 5.98. The third-order valence-corrected chi connectivity index (χ3v) is 5.82. The van der Waals surface area contributed by atoms with E-state index < -0.39 is 0 Å². The van der Waals surface area contributed by atoms with E-state index in [2.05, 4.69) is 26.2 Å². The minimum atomic E-state index is 0.245. The van der Waals surface area contributed by atoms with Crippen LogP contribution in [0, 0.1) is 12.3 Å². The summed E-state index contributed by atoms with van der Waals surface area (Å²) < 4.78 is 11.7. The van der Waals surface area contributed by atoms with Crippen molar-refractivity contribution in [3.05, 3.63) is 40.2 Å². The molecule has 1 spiro atoms. The molecular formula is C18H25N3O2S. The number of rotatable bonds is 4. The lowest BCUT2D eigenvalue weighted by atomic mass is 9.87. The van der Waals surface area contributed by atoms with E-state index in [0.717, 1.165) is 64.0 Å². The van der Waals surface area contributed by atoms with Crippen molar-refractivity contribution in [1.29, 1.82) is 0 Å². The summed E-state index contributed by atoms with van der Waals surface area (Å²) in [6.45, 7) is 9.83. The molecule has 0 radical (unpaired) electrons. The van der Waals surface area contributed by atoms with Gasteiger partial charge in [0.05, 0.1) is 26.3 Å². The summed E-state index contributed by atoms with van der Waals surface area (Å²) in [7, 11) is 0. The van der Waals surface area contributed by atoms with Gasteiger partial charge in [0.1, 0.15) is 16.5 Å². The fourth-order valence-corrected chi connectivity index (χ4v) is 4.60. The van der Waals surface area contributed by atoms with Gasteiger partial charge in [0.15, 0.2) is 0 Å². The molecule has 0 aromatic carbocycles. The summed E-state index contributed by atoms with van der Waals surface area (Å²) in [5.41, 5.74) is 0.245. The molecule has 1 atom stereocenters. The van der Waals surface area contributed by atoms with Gasteiger partial charge in [-0.05, 0) is 32.0 Å². The van der Waals surface area contributed by atoms with Crippen molar-refractivity contribution in [1.82, 2.24) is 14.8 Å². The smallest absolute Gasteiger partial charge is 0.118 e. The summed E-state index contributed by atoms with van der Waals surface area (Å²) >= 11 is 1.75. The zero-order valence-electron chi connectivity index (χ0n) is 14.2. The molecule has 0 saturated carbocycles. The highest BCUT2D eigenvalue weighted by atomic mass is 32.1. The van der Waals surface area contributed by atoms with Gasteiger partial charge in [-0.15, -0.1) is 11.3 Å². The summed E-state index contributed by atoms with van der Waals surface area (Å²) in [6, 6.07) is 4.14. The Morgan fingerprint density at radius 3 is 2.83 bits per heavy atom. The molecule has 24 heavy (non-hydrogen) atoms. The Bertz CT molecular complexity index is 657. The van der Waals surface area contributed by atoms with E-state index in [1.807, 2.05) is 19.2 Å². The van der Waals surface area contributed by atoms with Crippen LogP contribution in [0.1, 0.15) is 22.9 Å². The van der Waals surface area contributed by atoms with Crippen LogP contribution in [0.25, 0.3) is 0 Å². The van der Waals surface area contributed by atoms with Crippen molar-refractivity contribution in [2.24, 2.45) is 5.41 Å². The van der Waals surface area contributed by atoms with E-state index in [1.54, 1.807) is 11.3 Å². The van der Waals surface area contributed by atoms with Gasteiger partial charge in [0.25, 0.3) is 0 Å². The molecule has 1 unspecified atom stereocenters.